The highest BCUT2D eigenvalue weighted by Crippen LogP contribution is 2.23. The molecule has 0 aliphatic carbocycles. The van der Waals surface area contributed by atoms with E-state index < -0.39 is 18.2 Å². The zero-order chi connectivity index (χ0) is 18.0. The number of rotatable bonds is 5. The Bertz CT molecular complexity index is 676. The fourth-order valence-corrected chi connectivity index (χ4v) is 2.93. The molecule has 2 N–H and O–H groups in total. The maximum absolute atomic E-state index is 12.4. The van der Waals surface area contributed by atoms with Crippen LogP contribution in [-0.2, 0) is 4.79 Å². The molecule has 1 aromatic carbocycles. The molecule has 8 heteroatoms. The SMILES string of the molecule is CC(C)NC1=NC2C(C(=O)NC(=O)N2C)N1CCOc1ccccc1. The molecule has 0 saturated carbocycles. The molecule has 2 aliphatic rings. The summed E-state index contributed by atoms with van der Waals surface area (Å²) in [5, 5.41) is 5.63. The molecule has 2 atom stereocenters. The molecular formula is C17H23N5O3. The van der Waals surface area contributed by atoms with E-state index in [1.54, 1.807) is 7.05 Å². The molecule has 1 fully saturated rings. The van der Waals surface area contributed by atoms with Crippen molar-refractivity contribution in [2.45, 2.75) is 32.1 Å². The number of hydrogen-bond acceptors (Lipinski definition) is 6. The molecule has 134 valence electrons. The Balaban J connectivity index is 1.73. The fourth-order valence-electron chi connectivity index (χ4n) is 2.93. The molecule has 0 bridgehead atoms. The largest absolute Gasteiger partial charge is 0.492 e. The van der Waals surface area contributed by atoms with Crippen LogP contribution in [0.3, 0.4) is 0 Å². The van der Waals surface area contributed by atoms with Gasteiger partial charge in [0.2, 0.25) is 0 Å². The minimum absolute atomic E-state index is 0.153. The standard InChI is InChI=1S/C17H23N5O3/c1-11(2)18-16-19-14-13(15(23)20-17(24)21(14)3)22(16)9-10-25-12-7-5-4-6-8-12/h4-8,11,13-14H,9-10H2,1-3H3,(H,18,19)(H,20,23,24). The third-order valence-corrected chi connectivity index (χ3v) is 4.12. The summed E-state index contributed by atoms with van der Waals surface area (Å²) in [5.41, 5.74) is 0. The third-order valence-electron chi connectivity index (χ3n) is 4.12. The maximum Gasteiger partial charge on any atom is 0.325 e. The maximum atomic E-state index is 12.4. The van der Waals surface area contributed by atoms with Gasteiger partial charge in [-0.3, -0.25) is 10.1 Å². The first-order valence-electron chi connectivity index (χ1n) is 8.34. The van der Waals surface area contributed by atoms with Crippen LogP contribution in [0.1, 0.15) is 13.8 Å². The number of urea groups is 1. The first-order valence-corrected chi connectivity index (χ1v) is 8.34. The summed E-state index contributed by atoms with van der Waals surface area (Å²) >= 11 is 0. The van der Waals surface area contributed by atoms with Gasteiger partial charge >= 0.3 is 6.03 Å². The molecule has 3 amide bonds. The van der Waals surface area contributed by atoms with E-state index in [0.29, 0.717) is 19.1 Å². The van der Waals surface area contributed by atoms with Crippen molar-refractivity contribution in [1.29, 1.82) is 0 Å². The highest BCUT2D eigenvalue weighted by atomic mass is 16.5. The van der Waals surface area contributed by atoms with Crippen LogP contribution in [0.5, 0.6) is 5.75 Å². The number of imide groups is 1. The van der Waals surface area contributed by atoms with Gasteiger partial charge in [0.1, 0.15) is 12.4 Å². The van der Waals surface area contributed by atoms with Crippen molar-refractivity contribution < 1.29 is 14.3 Å². The smallest absolute Gasteiger partial charge is 0.325 e. The summed E-state index contributed by atoms with van der Waals surface area (Å²) < 4.78 is 5.75. The van der Waals surface area contributed by atoms with Crippen molar-refractivity contribution in [3.63, 3.8) is 0 Å². The highest BCUT2D eigenvalue weighted by molar-refractivity contribution is 6.03. The van der Waals surface area contributed by atoms with Gasteiger partial charge < -0.3 is 19.9 Å². The number of amides is 3. The molecule has 25 heavy (non-hydrogen) atoms. The van der Waals surface area contributed by atoms with E-state index in [0.717, 1.165) is 5.75 Å². The zero-order valence-electron chi connectivity index (χ0n) is 14.6. The van der Waals surface area contributed by atoms with E-state index in [9.17, 15) is 9.59 Å². The summed E-state index contributed by atoms with van der Waals surface area (Å²) in [5.74, 6) is 1.05. The number of para-hydroxylation sites is 1. The highest BCUT2D eigenvalue weighted by Gasteiger charge is 2.48. The number of carbonyl (C=O) groups is 2. The molecule has 1 saturated heterocycles. The summed E-state index contributed by atoms with van der Waals surface area (Å²) in [6.07, 6.45) is -0.528. The van der Waals surface area contributed by atoms with E-state index in [2.05, 4.69) is 15.6 Å². The first-order chi connectivity index (χ1) is 12.0. The van der Waals surface area contributed by atoms with E-state index in [1.807, 2.05) is 49.1 Å². The summed E-state index contributed by atoms with van der Waals surface area (Å²) in [7, 11) is 1.64. The Hall–Kier alpha value is -2.77. The van der Waals surface area contributed by atoms with Crippen LogP contribution < -0.4 is 15.4 Å². The number of carbonyl (C=O) groups excluding carboxylic acids is 2. The van der Waals surface area contributed by atoms with Crippen molar-refractivity contribution in [2.75, 3.05) is 20.2 Å². The minimum Gasteiger partial charge on any atom is -0.492 e. The van der Waals surface area contributed by atoms with Crippen LogP contribution in [-0.4, -0.2) is 66.1 Å². The number of nitrogens with one attached hydrogen (secondary N) is 2. The van der Waals surface area contributed by atoms with Crippen LogP contribution in [0, 0.1) is 0 Å². The lowest BCUT2D eigenvalue weighted by atomic mass is 10.1. The zero-order valence-corrected chi connectivity index (χ0v) is 14.6. The molecule has 0 aromatic heterocycles. The molecular weight excluding hydrogens is 322 g/mol. The number of hydrogen-bond donors (Lipinski definition) is 2. The summed E-state index contributed by atoms with van der Waals surface area (Å²) in [4.78, 5) is 32.1. The molecule has 0 radical (unpaired) electrons. The number of fused-ring (bicyclic) bond motifs is 1. The van der Waals surface area contributed by atoms with Crippen LogP contribution in [0.4, 0.5) is 4.79 Å². The van der Waals surface area contributed by atoms with E-state index in [-0.39, 0.29) is 11.9 Å². The van der Waals surface area contributed by atoms with Gasteiger partial charge in [0, 0.05) is 13.1 Å². The molecule has 8 nitrogen and oxygen atoms in total. The van der Waals surface area contributed by atoms with E-state index >= 15 is 0 Å². The van der Waals surface area contributed by atoms with Gasteiger partial charge in [-0.2, -0.15) is 0 Å². The average molecular weight is 345 g/mol. The van der Waals surface area contributed by atoms with Gasteiger partial charge in [0.25, 0.3) is 5.91 Å². The van der Waals surface area contributed by atoms with Gasteiger partial charge in [-0.1, -0.05) is 18.2 Å². The van der Waals surface area contributed by atoms with Crippen LogP contribution in [0.25, 0.3) is 0 Å². The van der Waals surface area contributed by atoms with Crippen molar-refractivity contribution in [3.05, 3.63) is 30.3 Å². The minimum atomic E-state index is -0.552. The Morgan fingerprint density at radius 2 is 2.00 bits per heavy atom. The predicted molar refractivity (Wildman–Crippen MR) is 93.2 cm³/mol. The topological polar surface area (TPSA) is 86.3 Å². The molecule has 0 spiro atoms. The van der Waals surface area contributed by atoms with Gasteiger partial charge in [-0.05, 0) is 26.0 Å². The van der Waals surface area contributed by atoms with Crippen molar-refractivity contribution in [3.8, 4) is 5.75 Å². The molecule has 2 heterocycles. The van der Waals surface area contributed by atoms with Gasteiger partial charge in [-0.15, -0.1) is 0 Å². The van der Waals surface area contributed by atoms with Crippen LogP contribution in [0.2, 0.25) is 0 Å². The molecule has 3 rings (SSSR count). The lowest BCUT2D eigenvalue weighted by Crippen LogP contribution is -2.64. The number of benzene rings is 1. The van der Waals surface area contributed by atoms with E-state index in [4.69, 9.17) is 4.74 Å². The molecule has 1 aromatic rings. The van der Waals surface area contributed by atoms with Crippen molar-refractivity contribution in [2.24, 2.45) is 4.99 Å². The lowest BCUT2D eigenvalue weighted by molar-refractivity contribution is -0.127. The second kappa shape index (κ2) is 7.00. The van der Waals surface area contributed by atoms with Crippen molar-refractivity contribution >= 4 is 17.9 Å². The number of aliphatic imine (C=N–C) groups is 1. The van der Waals surface area contributed by atoms with Gasteiger partial charge in [-0.25, -0.2) is 9.79 Å². The first kappa shape index (κ1) is 17.1. The van der Waals surface area contributed by atoms with E-state index in [1.165, 1.54) is 4.90 Å². The number of ether oxygens (including phenoxy) is 1. The Labute approximate surface area is 146 Å². The Kier molecular flexibility index (Phi) is 4.78. The van der Waals surface area contributed by atoms with Crippen LogP contribution >= 0.6 is 0 Å². The van der Waals surface area contributed by atoms with Crippen molar-refractivity contribution in [1.82, 2.24) is 20.4 Å². The third kappa shape index (κ3) is 3.52. The van der Waals surface area contributed by atoms with Gasteiger partial charge in [0.15, 0.2) is 18.2 Å². The normalized spacial score (nSPS) is 22.6. The summed E-state index contributed by atoms with van der Waals surface area (Å²) in [6, 6.07) is 8.67. The number of guanidine groups is 1. The second-order valence-electron chi connectivity index (χ2n) is 6.37. The molecule has 2 unspecified atom stereocenters. The fraction of sp³-hybridized carbons (Fsp3) is 0.471. The quantitative estimate of drug-likeness (QED) is 0.817. The monoisotopic (exact) mass is 345 g/mol. The number of likely N-dealkylation sites (N-methyl/N-ethyl adjacent to an activating group) is 1. The predicted octanol–water partition coefficient (Wildman–Crippen LogP) is 0.611. The summed E-state index contributed by atoms with van der Waals surface area (Å²) in [6.45, 7) is 4.87. The average Bonchev–Trinajstić information content (AvgIpc) is 2.92. The number of nitrogens with zero attached hydrogens (tertiary/aromatic N) is 3. The van der Waals surface area contributed by atoms with Gasteiger partial charge in [0.05, 0.1) is 6.54 Å². The Morgan fingerprint density at radius 1 is 1.28 bits per heavy atom. The van der Waals surface area contributed by atoms with Crippen LogP contribution in [0.15, 0.2) is 35.3 Å². The Morgan fingerprint density at radius 3 is 2.68 bits per heavy atom. The lowest BCUT2D eigenvalue weighted by Gasteiger charge is -2.36. The molecule has 2 aliphatic heterocycles. The second-order valence-corrected chi connectivity index (χ2v) is 6.37.